The highest BCUT2D eigenvalue weighted by Gasteiger charge is 2.31. The van der Waals surface area contributed by atoms with Crippen molar-refractivity contribution in [2.24, 2.45) is 0 Å². The number of hydrogen-bond acceptors (Lipinski definition) is 5. The first kappa shape index (κ1) is 21.8. The number of benzene rings is 2. The third kappa shape index (κ3) is 4.97. The van der Waals surface area contributed by atoms with Crippen molar-refractivity contribution in [3.63, 3.8) is 0 Å². The van der Waals surface area contributed by atoms with Crippen molar-refractivity contribution in [3.8, 4) is 5.75 Å². The van der Waals surface area contributed by atoms with Crippen molar-refractivity contribution in [1.29, 1.82) is 0 Å². The normalized spacial score (nSPS) is 16.3. The molecule has 2 aromatic rings. The van der Waals surface area contributed by atoms with Crippen LogP contribution in [0.3, 0.4) is 0 Å². The van der Waals surface area contributed by atoms with Crippen LogP contribution in [0.2, 0.25) is 0 Å². The maximum atomic E-state index is 13.4. The van der Waals surface area contributed by atoms with Crippen molar-refractivity contribution in [2.75, 3.05) is 13.1 Å². The Morgan fingerprint density at radius 1 is 1.30 bits per heavy atom. The Bertz CT molecular complexity index is 893. The molecule has 7 nitrogen and oxygen atoms in total. The molecule has 1 heterocycles. The number of aryl methyl sites for hydroxylation is 1. The van der Waals surface area contributed by atoms with E-state index in [1.165, 1.54) is 6.07 Å². The van der Waals surface area contributed by atoms with Crippen LogP contribution in [0.1, 0.15) is 48.2 Å². The Morgan fingerprint density at radius 2 is 2.03 bits per heavy atom. The second kappa shape index (κ2) is 9.71. The van der Waals surface area contributed by atoms with E-state index >= 15 is 0 Å². The maximum Gasteiger partial charge on any atom is 0.311 e. The molecule has 1 aliphatic heterocycles. The molecule has 2 aromatic carbocycles. The summed E-state index contributed by atoms with van der Waals surface area (Å²) in [7, 11) is 0. The minimum absolute atomic E-state index is 0.00476. The molecule has 0 aromatic heterocycles. The van der Waals surface area contributed by atoms with Gasteiger partial charge < -0.3 is 15.0 Å². The molecule has 3 rings (SSSR count). The Morgan fingerprint density at radius 3 is 2.63 bits per heavy atom. The number of amides is 1. The zero-order valence-corrected chi connectivity index (χ0v) is 17.8. The Hall–Kier alpha value is -2.93. The van der Waals surface area contributed by atoms with Crippen molar-refractivity contribution >= 4 is 11.6 Å². The van der Waals surface area contributed by atoms with Crippen molar-refractivity contribution < 1.29 is 14.5 Å². The van der Waals surface area contributed by atoms with Crippen LogP contribution in [-0.4, -0.2) is 40.9 Å². The third-order valence-electron chi connectivity index (χ3n) is 5.43. The van der Waals surface area contributed by atoms with Gasteiger partial charge in [0.1, 0.15) is 6.61 Å². The van der Waals surface area contributed by atoms with E-state index in [1.807, 2.05) is 49.1 Å². The largest absolute Gasteiger partial charge is 0.482 e. The lowest BCUT2D eigenvalue weighted by Crippen LogP contribution is -2.51. The van der Waals surface area contributed by atoms with Gasteiger partial charge in [0.2, 0.25) is 0 Å². The highest BCUT2D eigenvalue weighted by Crippen LogP contribution is 2.32. The second-order valence-electron chi connectivity index (χ2n) is 7.97. The highest BCUT2D eigenvalue weighted by atomic mass is 16.6. The van der Waals surface area contributed by atoms with Gasteiger partial charge in [0, 0.05) is 30.3 Å². The topological polar surface area (TPSA) is 84.7 Å². The van der Waals surface area contributed by atoms with E-state index in [-0.39, 0.29) is 36.0 Å². The Balaban J connectivity index is 1.89. The molecule has 7 heteroatoms. The van der Waals surface area contributed by atoms with Crippen LogP contribution in [0.4, 0.5) is 5.69 Å². The summed E-state index contributed by atoms with van der Waals surface area (Å²) in [6.07, 6.45) is 1.93. The zero-order valence-electron chi connectivity index (χ0n) is 17.8. The number of hydrogen-bond donors (Lipinski definition) is 1. The number of nitrogens with one attached hydrogen (secondary N) is 1. The van der Waals surface area contributed by atoms with Crippen LogP contribution in [0, 0.1) is 17.0 Å². The average molecular weight is 412 g/mol. The first-order chi connectivity index (χ1) is 14.4. The van der Waals surface area contributed by atoms with Gasteiger partial charge in [-0.1, -0.05) is 30.3 Å². The lowest BCUT2D eigenvalue weighted by atomic mass is 10.00. The first-order valence-corrected chi connectivity index (χ1v) is 10.4. The fourth-order valence-electron chi connectivity index (χ4n) is 3.93. The van der Waals surface area contributed by atoms with Crippen LogP contribution >= 0.6 is 0 Å². The molecule has 1 unspecified atom stereocenters. The van der Waals surface area contributed by atoms with Gasteiger partial charge >= 0.3 is 5.69 Å². The van der Waals surface area contributed by atoms with Gasteiger partial charge in [0.05, 0.1) is 4.92 Å². The molecule has 1 amide bonds. The molecule has 1 aliphatic rings. The number of piperidine rings is 1. The summed E-state index contributed by atoms with van der Waals surface area (Å²) >= 11 is 0. The molecular weight excluding hydrogens is 382 g/mol. The molecule has 1 atom stereocenters. The lowest BCUT2D eigenvalue weighted by Gasteiger charge is -2.38. The van der Waals surface area contributed by atoms with E-state index in [4.69, 9.17) is 4.74 Å². The summed E-state index contributed by atoms with van der Waals surface area (Å²) < 4.78 is 5.75. The van der Waals surface area contributed by atoms with Crippen LogP contribution < -0.4 is 10.1 Å². The molecular formula is C23H29N3O4. The Labute approximate surface area is 177 Å². The molecule has 0 spiro atoms. The summed E-state index contributed by atoms with van der Waals surface area (Å²) in [5.74, 6) is 0.00208. The smallest absolute Gasteiger partial charge is 0.311 e. The van der Waals surface area contributed by atoms with Crippen molar-refractivity contribution in [1.82, 2.24) is 10.2 Å². The van der Waals surface area contributed by atoms with Gasteiger partial charge in [-0.2, -0.15) is 0 Å². The van der Waals surface area contributed by atoms with Gasteiger partial charge in [-0.3, -0.25) is 14.9 Å². The molecule has 0 bridgehead atoms. The number of rotatable bonds is 7. The molecule has 0 radical (unpaired) electrons. The lowest BCUT2D eigenvalue weighted by molar-refractivity contribution is -0.386. The van der Waals surface area contributed by atoms with E-state index in [0.29, 0.717) is 11.1 Å². The zero-order chi connectivity index (χ0) is 21.7. The summed E-state index contributed by atoms with van der Waals surface area (Å²) in [6.45, 7) is 7.67. The quantitative estimate of drug-likeness (QED) is 0.548. The summed E-state index contributed by atoms with van der Waals surface area (Å²) in [5.41, 5.74) is 1.75. The van der Waals surface area contributed by atoms with Crippen LogP contribution in [0.25, 0.3) is 0 Å². The predicted octanol–water partition coefficient (Wildman–Crippen LogP) is 4.08. The Kier molecular flexibility index (Phi) is 7.05. The summed E-state index contributed by atoms with van der Waals surface area (Å²) in [5, 5.41) is 15.1. The minimum atomic E-state index is -0.488. The molecule has 1 N–H and O–H groups in total. The van der Waals surface area contributed by atoms with Gasteiger partial charge in [0.25, 0.3) is 5.91 Å². The second-order valence-corrected chi connectivity index (χ2v) is 7.97. The van der Waals surface area contributed by atoms with E-state index < -0.39 is 4.92 Å². The SMILES string of the molecule is Cc1cc(OCc2ccccc2)c([N+](=O)[O-])cc1C(=O)N(C(C)C)C1CCCNC1. The monoisotopic (exact) mass is 411 g/mol. The number of nitro benzene ring substituents is 1. The maximum absolute atomic E-state index is 13.4. The van der Waals surface area contributed by atoms with Crippen LogP contribution in [0.15, 0.2) is 42.5 Å². The van der Waals surface area contributed by atoms with Gasteiger partial charge in [-0.25, -0.2) is 0 Å². The van der Waals surface area contributed by atoms with E-state index in [2.05, 4.69) is 5.32 Å². The summed E-state index contributed by atoms with van der Waals surface area (Å²) in [6, 6.07) is 12.5. The highest BCUT2D eigenvalue weighted by molar-refractivity contribution is 5.97. The van der Waals surface area contributed by atoms with Crippen LogP contribution in [0.5, 0.6) is 5.75 Å². The number of nitro groups is 1. The molecule has 30 heavy (non-hydrogen) atoms. The number of ether oxygens (including phenoxy) is 1. The first-order valence-electron chi connectivity index (χ1n) is 10.4. The fourth-order valence-corrected chi connectivity index (χ4v) is 3.93. The van der Waals surface area contributed by atoms with Gasteiger partial charge in [-0.15, -0.1) is 0 Å². The molecule has 1 fully saturated rings. The fraction of sp³-hybridized carbons (Fsp3) is 0.435. The van der Waals surface area contributed by atoms with Crippen LogP contribution in [-0.2, 0) is 6.61 Å². The number of nitrogens with zero attached hydrogens (tertiary/aromatic N) is 2. The molecule has 160 valence electrons. The van der Waals surface area contributed by atoms with E-state index in [9.17, 15) is 14.9 Å². The predicted molar refractivity (Wildman–Crippen MR) is 116 cm³/mol. The minimum Gasteiger partial charge on any atom is -0.482 e. The van der Waals surface area contributed by atoms with Crippen molar-refractivity contribution in [3.05, 3.63) is 69.3 Å². The standard InChI is InChI=1S/C23H29N3O4/c1-16(2)25(19-10-7-11-24-14-19)23(27)20-13-21(26(28)29)22(12-17(20)3)30-15-18-8-5-4-6-9-18/h4-6,8-9,12-13,16,19,24H,7,10-11,14-15H2,1-3H3. The van der Waals surface area contributed by atoms with Gasteiger partial charge in [-0.05, 0) is 57.4 Å². The number of carbonyl (C=O) groups is 1. The molecule has 0 saturated carbocycles. The van der Waals surface area contributed by atoms with E-state index in [1.54, 1.807) is 13.0 Å². The third-order valence-corrected chi connectivity index (χ3v) is 5.43. The van der Waals surface area contributed by atoms with E-state index in [0.717, 1.165) is 31.5 Å². The van der Waals surface area contributed by atoms with Crippen molar-refractivity contribution in [2.45, 2.75) is 52.3 Å². The summed E-state index contributed by atoms with van der Waals surface area (Å²) in [4.78, 5) is 26.5. The molecule has 0 aliphatic carbocycles. The average Bonchev–Trinajstić information content (AvgIpc) is 2.73. The molecule has 1 saturated heterocycles. The number of carbonyl (C=O) groups excluding carboxylic acids is 1. The van der Waals surface area contributed by atoms with Gasteiger partial charge in [0.15, 0.2) is 5.75 Å².